The van der Waals surface area contributed by atoms with Crippen molar-refractivity contribution in [2.45, 2.75) is 44.6 Å². The average molecular weight is 317 g/mol. The van der Waals surface area contributed by atoms with Crippen LogP contribution in [0.2, 0.25) is 5.02 Å². The lowest BCUT2D eigenvalue weighted by molar-refractivity contribution is 0.345. The Morgan fingerprint density at radius 3 is 2.94 bits per heavy atom. The van der Waals surface area contributed by atoms with Crippen molar-refractivity contribution in [1.29, 1.82) is 0 Å². The molecule has 0 aliphatic carbocycles. The molecule has 17 heavy (non-hydrogen) atoms. The van der Waals surface area contributed by atoms with Crippen LogP contribution in [0.4, 0.5) is 0 Å². The molecule has 1 N–H and O–H groups in total. The van der Waals surface area contributed by atoms with E-state index < -0.39 is 0 Å². The fourth-order valence-electron chi connectivity index (χ4n) is 2.53. The zero-order valence-corrected chi connectivity index (χ0v) is 12.6. The van der Waals surface area contributed by atoms with Crippen LogP contribution in [-0.4, -0.2) is 12.1 Å². The third-order valence-corrected chi connectivity index (χ3v) is 4.40. The quantitative estimate of drug-likeness (QED) is 0.843. The molecular weight excluding hydrogens is 298 g/mol. The number of hydrogen-bond donors (Lipinski definition) is 1. The fraction of sp³-hybridized carbons (Fsp3) is 0.571. The maximum Gasteiger partial charge on any atom is 0.0449 e. The number of rotatable bonds is 2. The zero-order chi connectivity index (χ0) is 12.3. The highest BCUT2D eigenvalue weighted by molar-refractivity contribution is 9.10. The molecule has 1 fully saturated rings. The molecule has 0 aromatic heterocycles. The predicted molar refractivity (Wildman–Crippen MR) is 77.7 cm³/mol. The molecule has 1 aromatic rings. The molecular formula is C14H19BrClN. The van der Waals surface area contributed by atoms with E-state index in [0.29, 0.717) is 0 Å². The molecule has 1 aromatic carbocycles. The first-order valence-corrected chi connectivity index (χ1v) is 7.45. The van der Waals surface area contributed by atoms with Gasteiger partial charge in [0.05, 0.1) is 0 Å². The summed E-state index contributed by atoms with van der Waals surface area (Å²) in [5, 5.41) is 4.55. The monoisotopic (exact) mass is 315 g/mol. The highest BCUT2D eigenvalue weighted by Gasteiger charge is 2.26. The van der Waals surface area contributed by atoms with Crippen molar-refractivity contribution in [3.8, 4) is 0 Å². The molecule has 0 spiro atoms. The second-order valence-electron chi connectivity index (χ2n) is 5.21. The summed E-state index contributed by atoms with van der Waals surface area (Å²) in [5.74, 6) is 0. The molecule has 0 bridgehead atoms. The van der Waals surface area contributed by atoms with Crippen molar-refractivity contribution in [3.63, 3.8) is 0 Å². The van der Waals surface area contributed by atoms with Crippen molar-refractivity contribution in [3.05, 3.63) is 33.3 Å². The van der Waals surface area contributed by atoms with Gasteiger partial charge in [-0.25, -0.2) is 0 Å². The topological polar surface area (TPSA) is 12.0 Å². The van der Waals surface area contributed by atoms with Gasteiger partial charge in [0.25, 0.3) is 0 Å². The average Bonchev–Trinajstić information content (AvgIpc) is 2.48. The lowest BCUT2D eigenvalue weighted by Gasteiger charge is -2.30. The maximum atomic E-state index is 6.29. The largest absolute Gasteiger partial charge is 0.311 e. The second-order valence-corrected chi connectivity index (χ2v) is 6.53. The first kappa shape index (κ1) is 13.4. The Kier molecular flexibility index (Phi) is 4.51. The summed E-state index contributed by atoms with van der Waals surface area (Å²) in [6.45, 7) is 3.45. The van der Waals surface area contributed by atoms with Crippen LogP contribution >= 0.6 is 27.5 Å². The molecule has 1 nitrogen and oxygen atoms in total. The van der Waals surface area contributed by atoms with Gasteiger partial charge in [0.15, 0.2) is 0 Å². The molecule has 94 valence electrons. The van der Waals surface area contributed by atoms with Gasteiger partial charge in [-0.2, -0.15) is 0 Å². The van der Waals surface area contributed by atoms with Crippen molar-refractivity contribution in [2.24, 2.45) is 0 Å². The van der Waals surface area contributed by atoms with E-state index in [1.807, 2.05) is 6.07 Å². The minimum atomic E-state index is 0.202. The molecule has 1 saturated heterocycles. The summed E-state index contributed by atoms with van der Waals surface area (Å²) in [6, 6.07) is 6.18. The molecule has 1 atom stereocenters. The molecule has 0 radical (unpaired) electrons. The SMILES string of the molecule is CC1(Cc2ccc(Br)cc2Cl)CCCCCN1. The van der Waals surface area contributed by atoms with Crippen LogP contribution in [0.5, 0.6) is 0 Å². The van der Waals surface area contributed by atoms with Crippen LogP contribution in [0.1, 0.15) is 38.2 Å². The van der Waals surface area contributed by atoms with Crippen molar-refractivity contribution >= 4 is 27.5 Å². The molecule has 0 saturated carbocycles. The lowest BCUT2D eigenvalue weighted by Crippen LogP contribution is -2.43. The van der Waals surface area contributed by atoms with Gasteiger partial charge >= 0.3 is 0 Å². The number of halogens is 2. The van der Waals surface area contributed by atoms with Crippen LogP contribution in [0.3, 0.4) is 0 Å². The van der Waals surface area contributed by atoms with E-state index in [-0.39, 0.29) is 5.54 Å². The van der Waals surface area contributed by atoms with Crippen molar-refractivity contribution in [1.82, 2.24) is 5.32 Å². The number of hydrogen-bond acceptors (Lipinski definition) is 1. The third kappa shape index (κ3) is 3.70. The van der Waals surface area contributed by atoms with Crippen LogP contribution in [0.15, 0.2) is 22.7 Å². The van der Waals surface area contributed by atoms with Gasteiger partial charge in [0.1, 0.15) is 0 Å². The molecule has 2 rings (SSSR count). The summed E-state index contributed by atoms with van der Waals surface area (Å²) in [7, 11) is 0. The summed E-state index contributed by atoms with van der Waals surface area (Å²) < 4.78 is 1.05. The number of nitrogens with one attached hydrogen (secondary N) is 1. The molecule has 1 unspecified atom stereocenters. The molecule has 0 amide bonds. The molecule has 1 aliphatic rings. The second kappa shape index (κ2) is 5.73. The van der Waals surface area contributed by atoms with Crippen molar-refractivity contribution < 1.29 is 0 Å². The van der Waals surface area contributed by atoms with E-state index in [2.05, 4.69) is 40.3 Å². The number of benzene rings is 1. The van der Waals surface area contributed by atoms with Gasteiger partial charge in [-0.15, -0.1) is 0 Å². The minimum Gasteiger partial charge on any atom is -0.311 e. The zero-order valence-electron chi connectivity index (χ0n) is 10.2. The summed E-state index contributed by atoms with van der Waals surface area (Å²) in [5.41, 5.74) is 1.44. The summed E-state index contributed by atoms with van der Waals surface area (Å²) in [4.78, 5) is 0. The van der Waals surface area contributed by atoms with E-state index in [4.69, 9.17) is 11.6 Å². The van der Waals surface area contributed by atoms with Gasteiger partial charge in [0, 0.05) is 15.0 Å². The Balaban J connectivity index is 2.12. The standard InChI is InChI=1S/C14H19BrClN/c1-14(7-3-2-4-8-17-14)10-11-5-6-12(15)9-13(11)16/h5-6,9,17H,2-4,7-8,10H2,1H3. The van der Waals surface area contributed by atoms with Crippen LogP contribution in [0, 0.1) is 0 Å². The smallest absolute Gasteiger partial charge is 0.0449 e. The highest BCUT2D eigenvalue weighted by atomic mass is 79.9. The van der Waals surface area contributed by atoms with Crippen LogP contribution in [-0.2, 0) is 6.42 Å². The fourth-order valence-corrected chi connectivity index (χ4v) is 3.27. The van der Waals surface area contributed by atoms with Gasteiger partial charge < -0.3 is 5.32 Å². The van der Waals surface area contributed by atoms with Crippen LogP contribution < -0.4 is 5.32 Å². The van der Waals surface area contributed by atoms with Gasteiger partial charge in [-0.3, -0.25) is 0 Å². The van der Waals surface area contributed by atoms with Gasteiger partial charge in [0.2, 0.25) is 0 Å². The third-order valence-electron chi connectivity index (χ3n) is 3.55. The molecule has 3 heteroatoms. The summed E-state index contributed by atoms with van der Waals surface area (Å²) in [6.07, 6.45) is 6.20. The van der Waals surface area contributed by atoms with E-state index in [1.54, 1.807) is 0 Å². The Morgan fingerprint density at radius 1 is 1.35 bits per heavy atom. The minimum absolute atomic E-state index is 0.202. The van der Waals surface area contributed by atoms with E-state index in [0.717, 1.165) is 22.5 Å². The first-order valence-electron chi connectivity index (χ1n) is 6.28. The van der Waals surface area contributed by atoms with E-state index >= 15 is 0 Å². The lowest BCUT2D eigenvalue weighted by atomic mass is 9.88. The van der Waals surface area contributed by atoms with Gasteiger partial charge in [-0.05, 0) is 50.4 Å². The Hall–Kier alpha value is -0.0500. The predicted octanol–water partition coefficient (Wildman–Crippen LogP) is 4.57. The Labute approximate surface area is 117 Å². The summed E-state index contributed by atoms with van der Waals surface area (Å²) >= 11 is 9.74. The van der Waals surface area contributed by atoms with Crippen LogP contribution in [0.25, 0.3) is 0 Å². The maximum absolute atomic E-state index is 6.29. The Bertz CT molecular complexity index is 384. The molecule has 1 aliphatic heterocycles. The van der Waals surface area contributed by atoms with Crippen molar-refractivity contribution in [2.75, 3.05) is 6.54 Å². The highest BCUT2D eigenvalue weighted by Crippen LogP contribution is 2.28. The normalized spacial score (nSPS) is 25.6. The first-order chi connectivity index (χ1) is 8.09. The van der Waals surface area contributed by atoms with E-state index in [9.17, 15) is 0 Å². The molecule has 1 heterocycles. The van der Waals surface area contributed by atoms with E-state index in [1.165, 1.54) is 31.2 Å². The van der Waals surface area contributed by atoms with Gasteiger partial charge in [-0.1, -0.05) is 46.4 Å². The Morgan fingerprint density at radius 2 is 2.18 bits per heavy atom.